The van der Waals surface area contributed by atoms with Gasteiger partial charge in [-0.3, -0.25) is 19.7 Å². The number of anilines is 1. The molecule has 0 saturated heterocycles. The average molecular weight is 967 g/mol. The van der Waals surface area contributed by atoms with E-state index in [1.165, 1.54) is 24.3 Å². The number of ether oxygens (including phenoxy) is 2. The van der Waals surface area contributed by atoms with E-state index in [1.54, 1.807) is 30.7 Å². The van der Waals surface area contributed by atoms with Crippen LogP contribution in [-0.4, -0.2) is 55.0 Å². The Balaban J connectivity index is -0.000000174. The van der Waals surface area contributed by atoms with Crippen molar-refractivity contribution in [3.8, 4) is 5.75 Å². The van der Waals surface area contributed by atoms with Gasteiger partial charge in [0.05, 0.1) is 11.5 Å². The Morgan fingerprint density at radius 1 is 0.922 bits per heavy atom. The van der Waals surface area contributed by atoms with Gasteiger partial charge in [0.15, 0.2) is 0 Å². The Hall–Kier alpha value is -6.21. The van der Waals surface area contributed by atoms with Crippen molar-refractivity contribution in [2.45, 2.75) is 102 Å². The van der Waals surface area contributed by atoms with E-state index >= 15 is 0 Å². The van der Waals surface area contributed by atoms with E-state index in [0.29, 0.717) is 30.1 Å². The van der Waals surface area contributed by atoms with Gasteiger partial charge < -0.3 is 41.3 Å². The zero-order valence-electron chi connectivity index (χ0n) is 32.2. The Morgan fingerprint density at radius 3 is 1.78 bits per heavy atom. The number of nitro groups is 1. The molecule has 0 fully saturated rings. The minimum Gasteiger partial charge on any atom is -0.527 e. The van der Waals surface area contributed by atoms with E-state index in [4.69, 9.17) is 15.2 Å². The monoisotopic (exact) mass is 967 g/mol. The summed E-state index contributed by atoms with van der Waals surface area (Å²) in [5, 5.41) is 20.3. The van der Waals surface area contributed by atoms with Crippen molar-refractivity contribution in [1.29, 1.82) is 0 Å². The molecule has 1 atom stereocenters. The quantitative estimate of drug-likeness (QED) is 0.0269. The predicted octanol–water partition coefficient (Wildman–Crippen LogP) is 6.85. The van der Waals surface area contributed by atoms with Gasteiger partial charge in [0, 0.05) is 24.4 Å². The number of nitro benzene ring substituents is 1. The number of carbonyl (C=O) groups is 4. The first-order chi connectivity index (χ1) is 23.9. The number of nitrogens with zero attached hydrogens (tertiary/aromatic N) is 1. The van der Waals surface area contributed by atoms with Crippen molar-refractivity contribution in [2.75, 3.05) is 18.4 Å². The molecule has 16 heteroatoms. The number of benzene rings is 2. The zero-order valence-corrected chi connectivity index (χ0v) is 34.6. The van der Waals surface area contributed by atoms with Crippen LogP contribution in [0.15, 0.2) is 48.5 Å². The second-order valence-electron chi connectivity index (χ2n) is 8.71. The molecule has 298 valence electrons. The van der Waals surface area contributed by atoms with Crippen molar-refractivity contribution in [3.63, 3.8) is 0 Å². The van der Waals surface area contributed by atoms with Crippen LogP contribution in [-0.2, 0) is 25.7 Å². The molecule has 2 aromatic carbocycles. The van der Waals surface area contributed by atoms with Crippen LogP contribution in [0, 0.1) is 16.0 Å². The first-order valence-corrected chi connectivity index (χ1v) is 16.7. The van der Waals surface area contributed by atoms with Crippen molar-refractivity contribution in [1.82, 2.24) is 16.0 Å². The SMILES string of the molecule is CC.CC.CC.CC.CC(C)C(C)N[C-]=O.CCCNC(N)=O.O=CNCC(=O)Nc1ccc(COC(=O)Oc2ccc([N+](=O)[O-])cc2)cc1.[Fm]. The fraction of sp³-hybridized carbons (Fsp3) is 0.514. The second kappa shape index (κ2) is 41.8. The number of urea groups is 1. The molecular weight excluding hydrogens is 905 g/mol. The summed E-state index contributed by atoms with van der Waals surface area (Å²) in [7, 11) is 0. The number of amides is 5. The van der Waals surface area contributed by atoms with E-state index in [9.17, 15) is 34.1 Å². The summed E-state index contributed by atoms with van der Waals surface area (Å²) in [6.07, 6.45) is 2.05. The van der Waals surface area contributed by atoms with Crippen LogP contribution in [0.2, 0.25) is 0 Å². The van der Waals surface area contributed by atoms with Crippen molar-refractivity contribution in [3.05, 3.63) is 64.2 Å². The molecular formula is C35H61FmN6O9-. The maximum absolute atomic E-state index is 11.6. The summed E-state index contributed by atoms with van der Waals surface area (Å²) in [4.78, 5) is 62.8. The molecule has 0 radical (unpaired) electrons. The number of hydrogen-bond donors (Lipinski definition) is 5. The molecule has 0 bridgehead atoms. The van der Waals surface area contributed by atoms with E-state index < -0.39 is 17.1 Å². The molecule has 15 nitrogen and oxygen atoms in total. The van der Waals surface area contributed by atoms with Gasteiger partial charge in [-0.05, 0) is 55.1 Å². The van der Waals surface area contributed by atoms with Gasteiger partial charge in [-0.1, -0.05) is 88.3 Å². The first-order valence-electron chi connectivity index (χ1n) is 16.7. The molecule has 0 spiro atoms. The van der Waals surface area contributed by atoms with E-state index in [-0.39, 0.29) is 36.5 Å². The first kappa shape index (κ1) is 57.1. The number of nitrogens with two attached hydrogens (primary N) is 1. The second-order valence-corrected chi connectivity index (χ2v) is 8.71. The summed E-state index contributed by atoms with van der Waals surface area (Å²) < 4.78 is 9.86. The summed E-state index contributed by atoms with van der Waals surface area (Å²) >= 11 is 0. The van der Waals surface area contributed by atoms with Gasteiger partial charge in [0.2, 0.25) is 12.3 Å². The number of non-ortho nitro benzene ring substituents is 1. The Labute approximate surface area is 298 Å². The van der Waals surface area contributed by atoms with E-state index in [0.717, 1.165) is 6.42 Å². The number of primary amides is 1. The topological polar surface area (TPSA) is 221 Å². The molecule has 0 heterocycles. The van der Waals surface area contributed by atoms with Crippen LogP contribution in [0.1, 0.15) is 95.1 Å². The number of nitrogens with one attached hydrogen (secondary N) is 4. The molecule has 0 aromatic heterocycles. The van der Waals surface area contributed by atoms with Gasteiger partial charge >= 0.3 is 12.2 Å². The maximum atomic E-state index is 11.6. The molecule has 0 aliphatic heterocycles. The predicted molar refractivity (Wildman–Crippen MR) is 199 cm³/mol. The fourth-order valence-corrected chi connectivity index (χ4v) is 2.44. The Bertz CT molecular complexity index is 1140. The number of hydrogen-bond acceptors (Lipinski definition) is 9. The standard InChI is InChI=1S/C17H15N3O7.C6H12NO.C4H10N2O.4C2H6.Fm/c21-11-18-9-16(22)19-13-3-1-12(2-4-13)10-26-17(23)27-15-7-5-14(6-8-15)20(24)25;1-5(2)6(3)7-4-8;1-2-3-6-4(5)7;4*1-2;/h1-8,11H,9-10H2,(H,18,21)(H,19,22);5-6H,1-3H3,(H,7,8);2-3H2,1H3,(H3,5,6,7);4*1-2H3;/q;-1;;;;;;. The summed E-state index contributed by atoms with van der Waals surface area (Å²) in [5.41, 5.74) is 5.78. The molecule has 2 aromatic rings. The molecule has 1 unspecified atom stereocenters. The molecule has 0 saturated carbocycles. The normalized spacial score (nSPS) is 8.88. The van der Waals surface area contributed by atoms with Crippen LogP contribution >= 0.6 is 0 Å². The van der Waals surface area contributed by atoms with Crippen LogP contribution in [0.4, 0.5) is 21.0 Å². The minimum absolute atomic E-state index is 0. The number of rotatable bonds is 13. The summed E-state index contributed by atoms with van der Waals surface area (Å²) in [6, 6.07) is 11.3. The van der Waals surface area contributed by atoms with Crippen LogP contribution in [0.25, 0.3) is 0 Å². The van der Waals surface area contributed by atoms with Crippen LogP contribution in [0.3, 0.4) is 0 Å². The zero-order chi connectivity index (χ0) is 39.9. The molecule has 2 rings (SSSR count). The Morgan fingerprint density at radius 2 is 1.43 bits per heavy atom. The molecule has 0 aliphatic carbocycles. The smallest absolute Gasteiger partial charge is 0.514 e. The maximum Gasteiger partial charge on any atom is 0.514 e. The van der Waals surface area contributed by atoms with Gasteiger partial charge in [0.1, 0.15) is 12.4 Å². The molecule has 6 N–H and O–H groups in total. The fourth-order valence-electron chi connectivity index (χ4n) is 2.44. The van der Waals surface area contributed by atoms with Gasteiger partial charge in [0.25, 0.3) is 5.69 Å². The molecule has 5 amide bonds. The molecule has 51 heavy (non-hydrogen) atoms. The van der Waals surface area contributed by atoms with Crippen molar-refractivity contribution >= 4 is 42.3 Å². The number of carbonyl (C=O) groups excluding carboxylic acids is 5. The van der Waals surface area contributed by atoms with E-state index in [2.05, 4.69) is 35.1 Å². The van der Waals surface area contributed by atoms with Crippen molar-refractivity contribution in [2.24, 2.45) is 11.7 Å². The summed E-state index contributed by atoms with van der Waals surface area (Å²) in [6.45, 7) is 24.5. The average Bonchev–Trinajstić information content (AvgIpc) is 3.13. The third-order valence-corrected chi connectivity index (χ3v) is 5.02. The van der Waals surface area contributed by atoms with E-state index in [1.807, 2.05) is 69.2 Å². The van der Waals surface area contributed by atoms with Gasteiger partial charge in [-0.15, -0.1) is 0 Å². The van der Waals surface area contributed by atoms with Crippen molar-refractivity contribution < 1.29 is 38.4 Å². The Kier molecular flexibility index (Phi) is 46.8. The van der Waals surface area contributed by atoms with Crippen LogP contribution < -0.4 is 31.7 Å². The van der Waals surface area contributed by atoms with Crippen LogP contribution in [0.5, 0.6) is 5.75 Å². The largest absolute Gasteiger partial charge is 0.527 e. The third kappa shape index (κ3) is 36.5. The summed E-state index contributed by atoms with van der Waals surface area (Å²) in [5.74, 6) is 0.238. The van der Waals surface area contributed by atoms with Gasteiger partial charge in [-0.2, -0.15) is 6.41 Å². The third-order valence-electron chi connectivity index (χ3n) is 5.02. The minimum atomic E-state index is -0.957. The van der Waals surface area contributed by atoms with Gasteiger partial charge in [-0.25, -0.2) is 9.59 Å². The molecule has 0 aliphatic rings.